The number of fused-ring (bicyclic) bond motifs is 1. The molecule has 5 heteroatoms. The lowest BCUT2D eigenvalue weighted by atomic mass is 10.0. The van der Waals surface area contributed by atoms with Gasteiger partial charge in [-0.15, -0.1) is 0 Å². The highest BCUT2D eigenvalue weighted by molar-refractivity contribution is 5.71. The van der Waals surface area contributed by atoms with Crippen molar-refractivity contribution in [3.63, 3.8) is 0 Å². The molecule has 2 unspecified atom stereocenters. The summed E-state index contributed by atoms with van der Waals surface area (Å²) in [6.07, 6.45) is 7.05. The fraction of sp³-hybridized carbons (Fsp3) is 0.647. The van der Waals surface area contributed by atoms with E-state index in [9.17, 15) is 0 Å². The summed E-state index contributed by atoms with van der Waals surface area (Å²) in [5, 5.41) is 3.61. The van der Waals surface area contributed by atoms with Crippen LogP contribution in [0.25, 0.3) is 11.2 Å². The van der Waals surface area contributed by atoms with Gasteiger partial charge in [0.1, 0.15) is 11.3 Å². The van der Waals surface area contributed by atoms with Gasteiger partial charge in [-0.1, -0.05) is 6.92 Å². The second kappa shape index (κ2) is 5.97. The van der Waals surface area contributed by atoms with Crippen LogP contribution in [0.3, 0.4) is 0 Å². The Morgan fingerprint density at radius 1 is 1.36 bits per heavy atom. The number of rotatable bonds is 4. The molecule has 0 bridgehead atoms. The summed E-state index contributed by atoms with van der Waals surface area (Å²) >= 11 is 0. The molecule has 0 amide bonds. The normalized spacial score (nSPS) is 26.2. The third-order valence-electron chi connectivity index (χ3n) is 5.16. The first-order chi connectivity index (χ1) is 10.8. The molecule has 0 saturated carbocycles. The van der Waals surface area contributed by atoms with Crippen molar-refractivity contribution in [3.8, 4) is 0 Å². The van der Waals surface area contributed by atoms with Crippen molar-refractivity contribution in [3.05, 3.63) is 24.2 Å². The Balaban J connectivity index is 1.65. The van der Waals surface area contributed by atoms with E-state index in [0.29, 0.717) is 6.17 Å². The summed E-state index contributed by atoms with van der Waals surface area (Å²) in [5.41, 5.74) is 2.08. The molecule has 2 saturated heterocycles. The molecular weight excluding hydrogens is 274 g/mol. The van der Waals surface area contributed by atoms with E-state index < -0.39 is 0 Å². The van der Waals surface area contributed by atoms with Crippen molar-refractivity contribution in [1.82, 2.24) is 24.8 Å². The van der Waals surface area contributed by atoms with Crippen LogP contribution in [-0.4, -0.2) is 45.6 Å². The van der Waals surface area contributed by atoms with Crippen LogP contribution in [0.15, 0.2) is 18.3 Å². The van der Waals surface area contributed by atoms with Gasteiger partial charge in [0.25, 0.3) is 0 Å². The van der Waals surface area contributed by atoms with Crippen LogP contribution in [0.4, 0.5) is 0 Å². The van der Waals surface area contributed by atoms with Crippen molar-refractivity contribution < 1.29 is 0 Å². The van der Waals surface area contributed by atoms with Gasteiger partial charge in [-0.05, 0) is 56.9 Å². The molecule has 118 valence electrons. The summed E-state index contributed by atoms with van der Waals surface area (Å²) in [6, 6.07) is 4.07. The average molecular weight is 299 g/mol. The Hall–Kier alpha value is -1.46. The van der Waals surface area contributed by atoms with Crippen molar-refractivity contribution in [2.45, 2.75) is 38.8 Å². The fourth-order valence-corrected chi connectivity index (χ4v) is 3.96. The molecule has 2 aromatic rings. The number of nitrogens with one attached hydrogen (secondary N) is 1. The van der Waals surface area contributed by atoms with Gasteiger partial charge in [-0.25, -0.2) is 9.97 Å². The van der Waals surface area contributed by atoms with Gasteiger partial charge in [0.2, 0.25) is 0 Å². The van der Waals surface area contributed by atoms with E-state index in [1.54, 1.807) is 0 Å². The zero-order valence-electron chi connectivity index (χ0n) is 13.3. The second-order valence-electron chi connectivity index (χ2n) is 6.61. The molecule has 0 aromatic carbocycles. The monoisotopic (exact) mass is 299 g/mol. The first-order valence-electron chi connectivity index (χ1n) is 8.62. The minimum atomic E-state index is 0.374. The minimum Gasteiger partial charge on any atom is -0.303 e. The molecule has 4 heterocycles. The third kappa shape index (κ3) is 2.52. The zero-order chi connectivity index (χ0) is 14.9. The number of hydrogen-bond acceptors (Lipinski definition) is 4. The Morgan fingerprint density at radius 3 is 3.09 bits per heavy atom. The van der Waals surface area contributed by atoms with E-state index in [1.807, 2.05) is 12.3 Å². The molecule has 1 N–H and O–H groups in total. The summed E-state index contributed by atoms with van der Waals surface area (Å²) in [6.45, 7) is 6.97. The molecule has 0 radical (unpaired) electrons. The number of nitrogens with zero attached hydrogens (tertiary/aromatic N) is 4. The van der Waals surface area contributed by atoms with E-state index in [0.717, 1.165) is 30.0 Å². The van der Waals surface area contributed by atoms with Crippen LogP contribution in [0.1, 0.15) is 38.2 Å². The van der Waals surface area contributed by atoms with Crippen LogP contribution < -0.4 is 5.32 Å². The van der Waals surface area contributed by atoms with Gasteiger partial charge in [0, 0.05) is 19.2 Å². The maximum Gasteiger partial charge on any atom is 0.161 e. The molecule has 22 heavy (non-hydrogen) atoms. The van der Waals surface area contributed by atoms with E-state index in [2.05, 4.69) is 32.8 Å². The Labute approximate surface area is 131 Å². The average Bonchev–Trinajstić information content (AvgIpc) is 3.25. The van der Waals surface area contributed by atoms with Crippen LogP contribution in [0.2, 0.25) is 0 Å². The lowest BCUT2D eigenvalue weighted by Crippen LogP contribution is -2.24. The molecule has 2 aliphatic heterocycles. The highest BCUT2D eigenvalue weighted by atomic mass is 15.3. The Morgan fingerprint density at radius 2 is 2.32 bits per heavy atom. The molecular formula is C17H25N5. The first-order valence-corrected chi connectivity index (χ1v) is 8.62. The molecule has 0 aliphatic carbocycles. The van der Waals surface area contributed by atoms with Crippen LogP contribution in [-0.2, 0) is 6.42 Å². The van der Waals surface area contributed by atoms with E-state index in [1.165, 1.54) is 44.7 Å². The highest BCUT2D eigenvalue weighted by Crippen LogP contribution is 2.27. The fourth-order valence-electron chi connectivity index (χ4n) is 3.96. The molecule has 2 fully saturated rings. The Bertz CT molecular complexity index is 644. The van der Waals surface area contributed by atoms with Crippen LogP contribution >= 0.6 is 0 Å². The number of imidazole rings is 1. The lowest BCUT2D eigenvalue weighted by molar-refractivity contribution is 0.338. The first kappa shape index (κ1) is 14.2. The summed E-state index contributed by atoms with van der Waals surface area (Å²) in [5.74, 6) is 1.95. The van der Waals surface area contributed by atoms with E-state index in [-0.39, 0.29) is 0 Å². The summed E-state index contributed by atoms with van der Waals surface area (Å²) in [4.78, 5) is 12.1. The lowest BCUT2D eigenvalue weighted by Gasteiger charge is -2.18. The smallest absolute Gasteiger partial charge is 0.161 e. The van der Waals surface area contributed by atoms with Crippen molar-refractivity contribution >= 4 is 11.2 Å². The molecule has 0 spiro atoms. The van der Waals surface area contributed by atoms with Gasteiger partial charge >= 0.3 is 0 Å². The topological polar surface area (TPSA) is 46.0 Å². The molecule has 2 aliphatic rings. The zero-order valence-corrected chi connectivity index (χ0v) is 13.3. The molecule has 2 aromatic heterocycles. The predicted molar refractivity (Wildman–Crippen MR) is 87.7 cm³/mol. The summed E-state index contributed by atoms with van der Waals surface area (Å²) < 4.78 is 2.37. The van der Waals surface area contributed by atoms with Crippen molar-refractivity contribution in [1.29, 1.82) is 0 Å². The number of likely N-dealkylation sites (tertiary alicyclic amines) is 1. The maximum absolute atomic E-state index is 4.91. The van der Waals surface area contributed by atoms with Gasteiger partial charge in [0.05, 0.1) is 6.17 Å². The molecule has 4 rings (SSSR count). The molecule has 5 nitrogen and oxygen atoms in total. The summed E-state index contributed by atoms with van der Waals surface area (Å²) in [7, 11) is 0. The quantitative estimate of drug-likeness (QED) is 0.940. The minimum absolute atomic E-state index is 0.374. The number of hydrogen-bond donors (Lipinski definition) is 1. The maximum atomic E-state index is 4.91. The third-order valence-corrected chi connectivity index (χ3v) is 5.16. The predicted octanol–water partition coefficient (Wildman–Crippen LogP) is 2.20. The second-order valence-corrected chi connectivity index (χ2v) is 6.61. The van der Waals surface area contributed by atoms with Gasteiger partial charge in [-0.2, -0.15) is 0 Å². The van der Waals surface area contributed by atoms with E-state index >= 15 is 0 Å². The van der Waals surface area contributed by atoms with Gasteiger partial charge < -0.3 is 4.90 Å². The molecule has 2 atom stereocenters. The van der Waals surface area contributed by atoms with Crippen molar-refractivity contribution in [2.75, 3.05) is 26.2 Å². The number of aromatic nitrogens is 3. The Kier molecular flexibility index (Phi) is 3.84. The highest BCUT2D eigenvalue weighted by Gasteiger charge is 2.27. The van der Waals surface area contributed by atoms with Crippen molar-refractivity contribution in [2.24, 2.45) is 5.92 Å². The van der Waals surface area contributed by atoms with Crippen LogP contribution in [0.5, 0.6) is 0 Å². The SMILES string of the molecule is CCN1CCC(Cc2nc3cccnc3n2C2CCCN2)C1. The van der Waals surface area contributed by atoms with E-state index in [4.69, 9.17) is 4.98 Å². The largest absolute Gasteiger partial charge is 0.303 e. The standard InChI is InChI=1S/C17H25N5/c1-2-21-10-7-13(12-21)11-16-20-14-5-3-9-19-17(14)22(16)15-6-4-8-18-15/h3,5,9,13,15,18H,2,4,6-8,10-12H2,1H3. The van der Waals surface area contributed by atoms with Gasteiger partial charge in [-0.3, -0.25) is 9.88 Å². The van der Waals surface area contributed by atoms with Gasteiger partial charge in [0.15, 0.2) is 5.65 Å². The van der Waals surface area contributed by atoms with Crippen LogP contribution in [0, 0.1) is 5.92 Å². The number of pyridine rings is 1.